The van der Waals surface area contributed by atoms with Gasteiger partial charge in [0.05, 0.1) is 12.9 Å². The number of nitrogens with one attached hydrogen (secondary N) is 1. The van der Waals surface area contributed by atoms with E-state index in [0.29, 0.717) is 22.1 Å². The van der Waals surface area contributed by atoms with Crippen molar-refractivity contribution < 1.29 is 18.4 Å². The van der Waals surface area contributed by atoms with Gasteiger partial charge in [-0.15, -0.1) is 16.9 Å². The van der Waals surface area contributed by atoms with Gasteiger partial charge in [0.1, 0.15) is 0 Å². The van der Waals surface area contributed by atoms with E-state index >= 15 is 0 Å². The number of para-hydroxylation sites is 1. The first-order valence-electron chi connectivity index (χ1n) is 8.21. The maximum atomic E-state index is 12.1. The zero-order chi connectivity index (χ0) is 19.5. The second-order valence-corrected chi connectivity index (χ2v) is 7.18. The highest BCUT2D eigenvalue weighted by Gasteiger charge is 2.17. The second kappa shape index (κ2) is 7.95. The van der Waals surface area contributed by atoms with Crippen molar-refractivity contribution in [3.63, 3.8) is 0 Å². The lowest BCUT2D eigenvalue weighted by atomic mass is 10.2. The van der Waals surface area contributed by atoms with Crippen molar-refractivity contribution in [1.82, 2.24) is 10.2 Å². The molecule has 0 spiro atoms. The van der Waals surface area contributed by atoms with Gasteiger partial charge in [-0.3, -0.25) is 10.1 Å². The number of thioether (sulfide) groups is 1. The quantitative estimate of drug-likeness (QED) is 0.449. The molecule has 0 saturated heterocycles. The van der Waals surface area contributed by atoms with Gasteiger partial charge in [0.2, 0.25) is 5.91 Å². The normalized spacial score (nSPS) is 10.9. The lowest BCUT2D eigenvalue weighted by Gasteiger charge is -2.01. The first-order chi connectivity index (χ1) is 13.6. The van der Waals surface area contributed by atoms with Crippen LogP contribution in [0.2, 0.25) is 5.02 Å². The van der Waals surface area contributed by atoms with Gasteiger partial charge in [-0.05, 0) is 36.4 Å². The molecule has 0 unspecified atom stereocenters. The van der Waals surface area contributed by atoms with Crippen LogP contribution in [-0.2, 0) is 4.79 Å². The zero-order valence-electron chi connectivity index (χ0n) is 14.6. The van der Waals surface area contributed by atoms with E-state index in [1.165, 1.54) is 11.8 Å². The average molecular weight is 416 g/mol. The van der Waals surface area contributed by atoms with Crippen LogP contribution in [-0.4, -0.2) is 29.0 Å². The Morgan fingerprint density at radius 3 is 2.79 bits per heavy atom. The monoisotopic (exact) mass is 415 g/mol. The molecule has 1 amide bonds. The summed E-state index contributed by atoms with van der Waals surface area (Å²) in [5, 5.41) is 11.8. The van der Waals surface area contributed by atoms with Crippen molar-refractivity contribution in [2.45, 2.75) is 4.90 Å². The third kappa shape index (κ3) is 3.97. The predicted molar refractivity (Wildman–Crippen MR) is 107 cm³/mol. The number of halogens is 1. The Hall–Kier alpha value is -2.97. The third-order valence-electron chi connectivity index (χ3n) is 3.79. The van der Waals surface area contributed by atoms with Gasteiger partial charge in [0.25, 0.3) is 5.89 Å². The van der Waals surface area contributed by atoms with Crippen molar-refractivity contribution in [3.05, 3.63) is 53.6 Å². The van der Waals surface area contributed by atoms with Crippen LogP contribution in [0.25, 0.3) is 22.6 Å². The summed E-state index contributed by atoms with van der Waals surface area (Å²) >= 11 is 7.22. The number of aromatic nitrogens is 2. The highest BCUT2D eigenvalue weighted by Crippen LogP contribution is 2.33. The fraction of sp³-hybridized carbons (Fsp3) is 0.105. The number of hydrogen-bond donors (Lipinski definition) is 1. The van der Waals surface area contributed by atoms with Crippen LogP contribution in [0.5, 0.6) is 5.75 Å². The molecule has 0 aliphatic carbocycles. The molecule has 7 nitrogen and oxygen atoms in total. The molecule has 0 radical (unpaired) electrons. The highest BCUT2D eigenvalue weighted by atomic mass is 35.5. The van der Waals surface area contributed by atoms with Crippen molar-refractivity contribution in [3.8, 4) is 17.4 Å². The molecule has 4 aromatic rings. The predicted octanol–water partition coefficient (Wildman–Crippen LogP) is 4.88. The Bertz CT molecular complexity index is 1120. The van der Waals surface area contributed by atoms with Gasteiger partial charge in [0, 0.05) is 15.3 Å². The number of hydrogen-bond acceptors (Lipinski definition) is 7. The summed E-state index contributed by atoms with van der Waals surface area (Å²) in [4.78, 5) is 13.0. The first kappa shape index (κ1) is 18.4. The molecule has 2 heterocycles. The van der Waals surface area contributed by atoms with Crippen molar-refractivity contribution >= 4 is 46.3 Å². The van der Waals surface area contributed by atoms with E-state index in [4.69, 9.17) is 25.2 Å². The minimum Gasteiger partial charge on any atom is -0.493 e. The molecule has 2 aromatic heterocycles. The number of ether oxygens (including phenoxy) is 1. The van der Waals surface area contributed by atoms with Crippen molar-refractivity contribution in [2.75, 3.05) is 18.2 Å². The van der Waals surface area contributed by atoms with Crippen molar-refractivity contribution in [1.29, 1.82) is 0 Å². The number of benzene rings is 2. The van der Waals surface area contributed by atoms with Crippen molar-refractivity contribution in [2.24, 2.45) is 0 Å². The number of anilines is 1. The summed E-state index contributed by atoms with van der Waals surface area (Å²) in [5.41, 5.74) is 0.586. The molecule has 2 aromatic carbocycles. The maximum absolute atomic E-state index is 12.1. The van der Waals surface area contributed by atoms with E-state index in [2.05, 4.69) is 15.5 Å². The Balaban J connectivity index is 1.42. The van der Waals surface area contributed by atoms with Gasteiger partial charge >= 0.3 is 6.01 Å². The van der Waals surface area contributed by atoms with Gasteiger partial charge < -0.3 is 13.6 Å². The number of nitrogens with zero attached hydrogens (tertiary/aromatic N) is 2. The van der Waals surface area contributed by atoms with Gasteiger partial charge in [-0.25, -0.2) is 0 Å². The van der Waals surface area contributed by atoms with E-state index in [1.54, 1.807) is 31.4 Å². The lowest BCUT2D eigenvalue weighted by molar-refractivity contribution is -0.113. The van der Waals surface area contributed by atoms with Crippen LogP contribution in [0.4, 0.5) is 6.01 Å². The number of rotatable bonds is 6. The Morgan fingerprint density at radius 2 is 2.00 bits per heavy atom. The van der Waals surface area contributed by atoms with E-state index < -0.39 is 0 Å². The van der Waals surface area contributed by atoms with Crippen LogP contribution in [0.3, 0.4) is 0 Å². The van der Waals surface area contributed by atoms with E-state index in [0.717, 1.165) is 10.3 Å². The molecule has 0 atom stereocenters. The number of fused-ring (bicyclic) bond motifs is 1. The van der Waals surface area contributed by atoms with Crippen LogP contribution in [0.1, 0.15) is 0 Å². The first-order valence-corrected chi connectivity index (χ1v) is 9.57. The molecule has 0 aliphatic heterocycles. The largest absolute Gasteiger partial charge is 0.493 e. The molecule has 4 rings (SSSR count). The highest BCUT2D eigenvalue weighted by molar-refractivity contribution is 8.00. The molecular weight excluding hydrogens is 402 g/mol. The average Bonchev–Trinajstić information content (AvgIpc) is 3.34. The number of carbonyl (C=O) groups excluding carboxylic acids is 1. The minimum atomic E-state index is -0.263. The fourth-order valence-electron chi connectivity index (χ4n) is 2.51. The topological polar surface area (TPSA) is 90.4 Å². The van der Waals surface area contributed by atoms with Crippen LogP contribution in [0, 0.1) is 0 Å². The summed E-state index contributed by atoms with van der Waals surface area (Å²) in [6.07, 6.45) is 0. The fourth-order valence-corrected chi connectivity index (χ4v) is 3.34. The summed E-state index contributed by atoms with van der Waals surface area (Å²) in [5.74, 6) is 1.10. The SMILES string of the molecule is COc1cccc2cc(-c3nnc(NC(=O)CSc4ccc(Cl)cc4)o3)oc12. The molecule has 0 bridgehead atoms. The summed E-state index contributed by atoms with van der Waals surface area (Å²) < 4.78 is 16.5. The number of carbonyl (C=O) groups is 1. The van der Waals surface area contributed by atoms with E-state index in [1.807, 2.05) is 24.3 Å². The van der Waals surface area contributed by atoms with E-state index in [9.17, 15) is 4.79 Å². The Kier molecular flexibility index (Phi) is 5.23. The zero-order valence-corrected chi connectivity index (χ0v) is 16.2. The second-order valence-electron chi connectivity index (χ2n) is 5.69. The Labute approximate surface area is 169 Å². The third-order valence-corrected chi connectivity index (χ3v) is 5.06. The Morgan fingerprint density at radius 1 is 1.18 bits per heavy atom. The van der Waals surface area contributed by atoms with Gasteiger partial charge in [0.15, 0.2) is 17.1 Å². The molecule has 142 valence electrons. The molecule has 0 saturated carbocycles. The molecule has 28 heavy (non-hydrogen) atoms. The summed E-state index contributed by atoms with van der Waals surface area (Å²) in [6.45, 7) is 0. The molecule has 1 N–H and O–H groups in total. The minimum absolute atomic E-state index is 0.00382. The number of amides is 1. The summed E-state index contributed by atoms with van der Waals surface area (Å²) in [7, 11) is 1.57. The number of furan rings is 1. The molecular formula is C19H14ClN3O4S. The number of methoxy groups -OCH3 is 1. The smallest absolute Gasteiger partial charge is 0.322 e. The molecule has 9 heteroatoms. The molecule has 0 aliphatic rings. The van der Waals surface area contributed by atoms with Gasteiger partial charge in [-0.2, -0.15) is 0 Å². The van der Waals surface area contributed by atoms with Crippen LogP contribution >= 0.6 is 23.4 Å². The standard InChI is InChI=1S/C19H14ClN3O4S/c1-25-14-4-2-3-11-9-15(26-17(11)14)18-22-23-19(27-18)21-16(24)10-28-13-7-5-12(20)6-8-13/h2-9H,10H2,1H3,(H,21,23,24). The summed E-state index contributed by atoms with van der Waals surface area (Å²) in [6, 6.07) is 14.6. The molecule has 0 fully saturated rings. The van der Waals surface area contributed by atoms with Gasteiger partial charge in [-0.1, -0.05) is 28.8 Å². The van der Waals surface area contributed by atoms with Crippen LogP contribution < -0.4 is 10.1 Å². The van der Waals surface area contributed by atoms with Crippen LogP contribution in [0.15, 0.2) is 62.3 Å². The van der Waals surface area contributed by atoms with E-state index in [-0.39, 0.29) is 23.6 Å². The lowest BCUT2D eigenvalue weighted by Crippen LogP contribution is -2.14. The maximum Gasteiger partial charge on any atom is 0.322 e.